The van der Waals surface area contributed by atoms with Gasteiger partial charge in [0.15, 0.2) is 0 Å². The number of esters is 2. The Labute approximate surface area is 188 Å². The molecule has 0 aromatic heterocycles. The van der Waals surface area contributed by atoms with Crippen LogP contribution in [0.5, 0.6) is 0 Å². The summed E-state index contributed by atoms with van der Waals surface area (Å²) in [5.41, 5.74) is 4.49. The number of nitrogens with zero attached hydrogens (tertiary/aromatic N) is 1. The Kier molecular flexibility index (Phi) is 8.82. The smallest absolute Gasteiger partial charge is 0.417 e. The van der Waals surface area contributed by atoms with Gasteiger partial charge in [-0.1, -0.05) is 23.7 Å². The largest absolute Gasteiger partial charge is 0.468 e. The zero-order valence-corrected chi connectivity index (χ0v) is 18.5. The third kappa shape index (κ3) is 5.48. The quantitative estimate of drug-likeness (QED) is 0.455. The summed E-state index contributed by atoms with van der Waals surface area (Å²) >= 11 is 6.17. The van der Waals surface area contributed by atoms with Crippen LogP contribution in [0.1, 0.15) is 30.9 Å². The second-order valence-corrected chi connectivity index (χ2v) is 7.24. The molecule has 2 rings (SSSR count). The first-order chi connectivity index (χ1) is 15.1. The summed E-state index contributed by atoms with van der Waals surface area (Å²) in [5.74, 6) is -4.06. The van der Waals surface area contributed by atoms with Gasteiger partial charge in [-0.15, -0.1) is 0 Å². The Hall–Kier alpha value is -2.43. The van der Waals surface area contributed by atoms with Crippen LogP contribution in [0, 0.1) is 5.92 Å². The lowest BCUT2D eigenvalue weighted by molar-refractivity contribution is -0.144. The molecule has 0 bridgehead atoms. The van der Waals surface area contributed by atoms with Crippen molar-refractivity contribution < 1.29 is 37.0 Å². The highest BCUT2D eigenvalue weighted by atomic mass is 35.5. The fraction of sp³-hybridized carbons (Fsp3) is 0.476. The van der Waals surface area contributed by atoms with Crippen molar-refractivity contribution >= 4 is 29.3 Å². The molecule has 0 aliphatic carbocycles. The van der Waals surface area contributed by atoms with Crippen LogP contribution in [0.4, 0.5) is 13.2 Å². The van der Waals surface area contributed by atoms with Crippen LogP contribution in [0.15, 0.2) is 34.5 Å². The van der Waals surface area contributed by atoms with Crippen LogP contribution < -0.4 is 5.73 Å². The van der Waals surface area contributed by atoms with E-state index >= 15 is 0 Å². The van der Waals surface area contributed by atoms with Crippen molar-refractivity contribution in [1.29, 1.82) is 0 Å². The van der Waals surface area contributed by atoms with E-state index in [2.05, 4.69) is 4.99 Å². The summed E-state index contributed by atoms with van der Waals surface area (Å²) in [6.07, 6.45) is -4.74. The predicted octanol–water partition coefficient (Wildman–Crippen LogP) is 3.50. The van der Waals surface area contributed by atoms with Crippen LogP contribution in [0.3, 0.4) is 0 Å². The highest BCUT2D eigenvalue weighted by molar-refractivity contribution is 6.32. The molecule has 0 saturated heterocycles. The molecule has 32 heavy (non-hydrogen) atoms. The summed E-state index contributed by atoms with van der Waals surface area (Å²) in [4.78, 5) is 29.9. The zero-order chi connectivity index (χ0) is 24.1. The van der Waals surface area contributed by atoms with Crippen LogP contribution in [-0.2, 0) is 30.0 Å². The van der Waals surface area contributed by atoms with E-state index in [1.165, 1.54) is 13.0 Å². The Morgan fingerprint density at radius 3 is 2.53 bits per heavy atom. The number of methoxy groups -OCH3 is 1. The van der Waals surface area contributed by atoms with Crippen LogP contribution in [-0.4, -0.2) is 51.1 Å². The van der Waals surface area contributed by atoms with Crippen molar-refractivity contribution in [2.45, 2.75) is 25.9 Å². The lowest BCUT2D eigenvalue weighted by Crippen LogP contribution is -2.37. The molecule has 0 spiro atoms. The molecule has 176 valence electrons. The molecule has 0 fully saturated rings. The maximum atomic E-state index is 13.5. The predicted molar refractivity (Wildman–Crippen MR) is 111 cm³/mol. The van der Waals surface area contributed by atoms with Crippen molar-refractivity contribution in [3.05, 3.63) is 45.6 Å². The van der Waals surface area contributed by atoms with Gasteiger partial charge < -0.3 is 19.9 Å². The monoisotopic (exact) mass is 476 g/mol. The molecule has 1 aliphatic rings. The maximum absolute atomic E-state index is 13.5. The summed E-state index contributed by atoms with van der Waals surface area (Å²) in [5, 5.41) is -0.627. The molecule has 0 radical (unpaired) electrons. The second kappa shape index (κ2) is 10.9. The van der Waals surface area contributed by atoms with Gasteiger partial charge in [-0.2, -0.15) is 13.2 Å². The highest BCUT2D eigenvalue weighted by Crippen LogP contribution is 2.46. The molecule has 1 heterocycles. The number of halogens is 4. The third-order valence-electron chi connectivity index (χ3n) is 4.84. The molecule has 1 aliphatic heterocycles. The van der Waals surface area contributed by atoms with E-state index in [0.29, 0.717) is 0 Å². The van der Waals surface area contributed by atoms with Gasteiger partial charge in [-0.25, -0.2) is 4.79 Å². The summed E-state index contributed by atoms with van der Waals surface area (Å²) in [6, 6.07) is 3.31. The molecule has 0 saturated carbocycles. The molecular formula is C21H24ClF3N2O5. The number of rotatable bonds is 8. The van der Waals surface area contributed by atoms with Crippen molar-refractivity contribution in [2.75, 3.05) is 33.5 Å². The maximum Gasteiger partial charge on any atom is 0.417 e. The number of hydrogen-bond acceptors (Lipinski definition) is 7. The van der Waals surface area contributed by atoms with Crippen LogP contribution >= 0.6 is 11.6 Å². The van der Waals surface area contributed by atoms with Gasteiger partial charge >= 0.3 is 18.1 Å². The molecule has 2 N–H and O–H groups in total. The topological polar surface area (TPSA) is 100 Å². The fourth-order valence-electron chi connectivity index (χ4n) is 3.52. The number of nitrogens with two attached hydrogens (primary N) is 1. The molecule has 0 amide bonds. The van der Waals surface area contributed by atoms with E-state index in [0.717, 1.165) is 19.2 Å². The van der Waals surface area contributed by atoms with Crippen molar-refractivity contribution in [2.24, 2.45) is 16.6 Å². The van der Waals surface area contributed by atoms with Crippen molar-refractivity contribution in [3.63, 3.8) is 0 Å². The van der Waals surface area contributed by atoms with E-state index in [1.54, 1.807) is 6.92 Å². The molecule has 1 aromatic rings. The summed E-state index contributed by atoms with van der Waals surface area (Å²) in [7, 11) is 1.13. The average Bonchev–Trinajstić information content (AvgIpc) is 2.72. The molecule has 1 aromatic carbocycles. The Morgan fingerprint density at radius 1 is 1.28 bits per heavy atom. The molecule has 7 nitrogen and oxygen atoms in total. The Bertz CT molecular complexity index is 931. The molecule has 2 atom stereocenters. The Balaban J connectivity index is 2.80. The molecular weight excluding hydrogens is 453 g/mol. The second-order valence-electron chi connectivity index (χ2n) is 6.86. The SMILES string of the molecule is CCOC(=O)C1=C(COCCN)N=C(C)C(C(=O)OC)C1c1cccc(C(F)(F)F)c1Cl. The number of alkyl halides is 3. The van der Waals surface area contributed by atoms with Crippen molar-refractivity contribution in [1.82, 2.24) is 0 Å². The average molecular weight is 477 g/mol. The minimum Gasteiger partial charge on any atom is -0.468 e. The Morgan fingerprint density at radius 2 is 1.97 bits per heavy atom. The van der Waals surface area contributed by atoms with E-state index in [-0.39, 0.29) is 48.9 Å². The van der Waals surface area contributed by atoms with Gasteiger partial charge in [-0.05, 0) is 25.5 Å². The van der Waals surface area contributed by atoms with Gasteiger partial charge in [0.1, 0.15) is 5.92 Å². The van der Waals surface area contributed by atoms with Gasteiger partial charge in [0.2, 0.25) is 0 Å². The van der Waals surface area contributed by atoms with E-state index in [1.807, 2.05) is 0 Å². The fourth-order valence-corrected chi connectivity index (χ4v) is 3.87. The first kappa shape index (κ1) is 25.8. The number of carbonyl (C=O) groups is 2. The lowest BCUT2D eigenvalue weighted by Gasteiger charge is -2.32. The minimum atomic E-state index is -4.74. The van der Waals surface area contributed by atoms with E-state index in [4.69, 9.17) is 31.5 Å². The highest BCUT2D eigenvalue weighted by Gasteiger charge is 2.45. The minimum absolute atomic E-state index is 0.00605. The van der Waals surface area contributed by atoms with E-state index < -0.39 is 40.5 Å². The van der Waals surface area contributed by atoms with Crippen LogP contribution in [0.25, 0.3) is 0 Å². The number of carbonyl (C=O) groups excluding carboxylic acids is 2. The first-order valence-corrected chi connectivity index (χ1v) is 10.1. The lowest BCUT2D eigenvalue weighted by atomic mass is 9.75. The molecule has 2 unspecified atom stereocenters. The summed E-state index contributed by atoms with van der Waals surface area (Å²) in [6.45, 7) is 3.28. The standard InChI is InChI=1S/C21H24ClF3N2O5/c1-4-32-20(29)17-14(10-31-9-8-26)27-11(2)15(19(28)30-3)16(17)12-6-5-7-13(18(12)22)21(23,24)25/h5-7,15-16H,4,8-10,26H2,1-3H3. The van der Waals surface area contributed by atoms with Gasteiger partial charge in [-0.3, -0.25) is 9.79 Å². The van der Waals surface area contributed by atoms with E-state index in [9.17, 15) is 22.8 Å². The summed E-state index contributed by atoms with van der Waals surface area (Å²) < 4.78 is 56.0. The number of aliphatic imine (C=N–C) groups is 1. The normalized spacial score (nSPS) is 18.9. The van der Waals surface area contributed by atoms with Crippen LogP contribution in [0.2, 0.25) is 5.02 Å². The molecule has 11 heteroatoms. The van der Waals surface area contributed by atoms with Gasteiger partial charge in [0.05, 0.1) is 48.8 Å². The zero-order valence-electron chi connectivity index (χ0n) is 17.8. The van der Waals surface area contributed by atoms with Gasteiger partial charge in [0.25, 0.3) is 0 Å². The van der Waals surface area contributed by atoms with Crippen molar-refractivity contribution in [3.8, 4) is 0 Å². The third-order valence-corrected chi connectivity index (χ3v) is 5.26. The first-order valence-electron chi connectivity index (χ1n) is 9.74. The number of ether oxygens (including phenoxy) is 3. The number of hydrogen-bond donors (Lipinski definition) is 1. The number of benzene rings is 1. The van der Waals surface area contributed by atoms with Gasteiger partial charge in [0, 0.05) is 18.2 Å².